The predicted molar refractivity (Wildman–Crippen MR) is 102 cm³/mol. The first-order chi connectivity index (χ1) is 10.6. The number of ether oxygens (including phenoxy) is 1. The molecule has 24 heavy (non-hydrogen) atoms. The molecule has 3 unspecified atom stereocenters. The molecular formula is C17H29Cl2N3O2. The summed E-state index contributed by atoms with van der Waals surface area (Å²) >= 11 is 0. The second-order valence-electron chi connectivity index (χ2n) is 6.11. The van der Waals surface area contributed by atoms with Crippen LogP contribution in [0.4, 0.5) is 0 Å². The summed E-state index contributed by atoms with van der Waals surface area (Å²) in [5.74, 6) is -0.178. The van der Waals surface area contributed by atoms with Crippen molar-refractivity contribution in [1.82, 2.24) is 10.2 Å². The van der Waals surface area contributed by atoms with Gasteiger partial charge in [0, 0.05) is 38.1 Å². The summed E-state index contributed by atoms with van der Waals surface area (Å²) in [4.78, 5) is 14.3. The van der Waals surface area contributed by atoms with Gasteiger partial charge in [-0.15, -0.1) is 24.8 Å². The quantitative estimate of drug-likeness (QED) is 0.793. The molecule has 5 nitrogen and oxygen atoms in total. The molecule has 1 aromatic carbocycles. The summed E-state index contributed by atoms with van der Waals surface area (Å²) in [6.07, 6.45) is 0.0432. The normalized spacial score (nSPS) is 20.2. The molecule has 0 aromatic heterocycles. The van der Waals surface area contributed by atoms with E-state index in [2.05, 4.69) is 34.5 Å². The van der Waals surface area contributed by atoms with Gasteiger partial charge in [0.25, 0.3) is 0 Å². The number of benzene rings is 1. The molecule has 0 aliphatic carbocycles. The Kier molecular flexibility index (Phi) is 11.2. The number of amides is 1. The predicted octanol–water partition coefficient (Wildman–Crippen LogP) is 1.83. The van der Waals surface area contributed by atoms with Gasteiger partial charge in [0.1, 0.15) is 0 Å². The molecule has 1 aromatic rings. The number of morpholine rings is 1. The maximum absolute atomic E-state index is 11.9. The number of carbonyl (C=O) groups is 1. The highest BCUT2D eigenvalue weighted by atomic mass is 35.5. The minimum Gasteiger partial charge on any atom is -0.374 e. The lowest BCUT2D eigenvalue weighted by Gasteiger charge is -2.33. The second-order valence-corrected chi connectivity index (χ2v) is 6.11. The van der Waals surface area contributed by atoms with Gasteiger partial charge in [-0.25, -0.2) is 0 Å². The molecule has 1 aliphatic rings. The topological polar surface area (TPSA) is 67.6 Å². The van der Waals surface area contributed by atoms with E-state index in [0.717, 1.165) is 19.6 Å². The Bertz CT molecular complexity index is 474. The zero-order valence-corrected chi connectivity index (χ0v) is 15.9. The third-order valence-corrected chi connectivity index (χ3v) is 4.18. The first kappa shape index (κ1) is 23.1. The maximum atomic E-state index is 11.9. The highest BCUT2D eigenvalue weighted by Crippen LogP contribution is 2.10. The zero-order chi connectivity index (χ0) is 15.9. The summed E-state index contributed by atoms with van der Waals surface area (Å²) in [6.45, 7) is 7.63. The molecule has 1 fully saturated rings. The van der Waals surface area contributed by atoms with Crippen molar-refractivity contribution in [3.8, 4) is 0 Å². The van der Waals surface area contributed by atoms with Crippen LogP contribution in [0.25, 0.3) is 0 Å². The van der Waals surface area contributed by atoms with Crippen molar-refractivity contribution >= 4 is 30.7 Å². The molecule has 0 bridgehead atoms. The third kappa shape index (κ3) is 7.36. The first-order valence-corrected chi connectivity index (χ1v) is 7.97. The monoisotopic (exact) mass is 377 g/mol. The minimum atomic E-state index is -0.177. The van der Waals surface area contributed by atoms with Gasteiger partial charge in [0.15, 0.2) is 0 Å². The molecule has 3 atom stereocenters. The van der Waals surface area contributed by atoms with Gasteiger partial charge in [0.05, 0.1) is 12.7 Å². The molecule has 1 amide bonds. The molecule has 7 heteroatoms. The molecule has 0 radical (unpaired) electrons. The smallest absolute Gasteiger partial charge is 0.224 e. The van der Waals surface area contributed by atoms with Crippen LogP contribution in [0.2, 0.25) is 0 Å². The van der Waals surface area contributed by atoms with E-state index in [1.54, 1.807) is 0 Å². The molecule has 138 valence electrons. The van der Waals surface area contributed by atoms with Crippen LogP contribution in [0.15, 0.2) is 30.3 Å². The van der Waals surface area contributed by atoms with Gasteiger partial charge in [-0.05, 0) is 12.5 Å². The van der Waals surface area contributed by atoms with Crippen LogP contribution >= 0.6 is 24.8 Å². The number of halogens is 2. The van der Waals surface area contributed by atoms with Gasteiger partial charge in [-0.3, -0.25) is 9.69 Å². The summed E-state index contributed by atoms with van der Waals surface area (Å²) in [5, 5.41) is 2.95. The number of carbonyl (C=O) groups excluding carboxylic acids is 1. The summed E-state index contributed by atoms with van der Waals surface area (Å²) in [6, 6.07) is 10.3. The lowest BCUT2D eigenvalue weighted by atomic mass is 10.0. The summed E-state index contributed by atoms with van der Waals surface area (Å²) < 4.78 is 5.75. The van der Waals surface area contributed by atoms with Crippen molar-refractivity contribution in [2.75, 3.05) is 26.2 Å². The lowest BCUT2D eigenvalue weighted by Crippen LogP contribution is -2.48. The van der Waals surface area contributed by atoms with E-state index in [4.69, 9.17) is 10.5 Å². The van der Waals surface area contributed by atoms with Crippen molar-refractivity contribution in [1.29, 1.82) is 0 Å². The van der Waals surface area contributed by atoms with Crippen LogP contribution in [0, 0.1) is 5.92 Å². The maximum Gasteiger partial charge on any atom is 0.224 e. The fourth-order valence-corrected chi connectivity index (χ4v) is 2.50. The second kappa shape index (κ2) is 11.7. The fraction of sp³-hybridized carbons (Fsp3) is 0.588. The van der Waals surface area contributed by atoms with Crippen molar-refractivity contribution in [2.24, 2.45) is 11.7 Å². The van der Waals surface area contributed by atoms with E-state index >= 15 is 0 Å². The van der Waals surface area contributed by atoms with E-state index in [1.807, 2.05) is 19.9 Å². The van der Waals surface area contributed by atoms with E-state index in [9.17, 15) is 4.79 Å². The molecule has 3 N–H and O–H groups in total. The van der Waals surface area contributed by atoms with Crippen molar-refractivity contribution in [3.63, 3.8) is 0 Å². The molecule has 0 spiro atoms. The van der Waals surface area contributed by atoms with Gasteiger partial charge < -0.3 is 15.8 Å². The molecular weight excluding hydrogens is 349 g/mol. The highest BCUT2D eigenvalue weighted by molar-refractivity contribution is 5.85. The minimum absolute atomic E-state index is 0. The first-order valence-electron chi connectivity index (χ1n) is 7.97. The number of rotatable bonds is 6. The SMILES string of the molecule is CC(N)C(C)C(=O)NCC1CN(Cc2ccccc2)CCO1.Cl.Cl. The van der Waals surface area contributed by atoms with Crippen molar-refractivity contribution in [3.05, 3.63) is 35.9 Å². The van der Waals surface area contributed by atoms with E-state index in [1.165, 1.54) is 5.56 Å². The zero-order valence-electron chi connectivity index (χ0n) is 14.3. The Labute approximate surface area is 157 Å². The van der Waals surface area contributed by atoms with Gasteiger partial charge >= 0.3 is 0 Å². The van der Waals surface area contributed by atoms with Gasteiger partial charge in [0.2, 0.25) is 5.91 Å². The third-order valence-electron chi connectivity index (χ3n) is 4.18. The summed E-state index contributed by atoms with van der Waals surface area (Å²) in [7, 11) is 0. The van der Waals surface area contributed by atoms with Crippen LogP contribution in [0.3, 0.4) is 0 Å². The fourth-order valence-electron chi connectivity index (χ4n) is 2.50. The number of hydrogen-bond donors (Lipinski definition) is 2. The molecule has 0 saturated carbocycles. The number of nitrogens with two attached hydrogens (primary N) is 1. The number of hydrogen-bond acceptors (Lipinski definition) is 4. The molecule has 1 aliphatic heterocycles. The Morgan fingerprint density at radius 1 is 1.33 bits per heavy atom. The van der Waals surface area contributed by atoms with Crippen molar-refractivity contribution in [2.45, 2.75) is 32.5 Å². The largest absolute Gasteiger partial charge is 0.374 e. The van der Waals surface area contributed by atoms with Crippen LogP contribution in [-0.4, -0.2) is 49.2 Å². The highest BCUT2D eigenvalue weighted by Gasteiger charge is 2.23. The standard InChI is InChI=1S/C17H27N3O2.2ClH/c1-13(14(2)18)17(21)19-10-16-12-20(8-9-22-16)11-15-6-4-3-5-7-15;;/h3-7,13-14,16H,8-12,18H2,1-2H3,(H,19,21);2*1H. The van der Waals surface area contributed by atoms with Gasteiger partial charge in [-0.2, -0.15) is 0 Å². The molecule has 1 heterocycles. The average Bonchev–Trinajstić information content (AvgIpc) is 2.53. The average molecular weight is 378 g/mol. The van der Waals surface area contributed by atoms with E-state index in [0.29, 0.717) is 13.2 Å². The van der Waals surface area contributed by atoms with Crippen molar-refractivity contribution < 1.29 is 9.53 Å². The molecule has 2 rings (SSSR count). The Balaban J connectivity index is 0.00000264. The Morgan fingerprint density at radius 3 is 2.62 bits per heavy atom. The number of nitrogens with zero attached hydrogens (tertiary/aromatic N) is 1. The number of nitrogens with one attached hydrogen (secondary N) is 1. The lowest BCUT2D eigenvalue weighted by molar-refractivity contribution is -0.126. The molecule has 1 saturated heterocycles. The summed E-state index contributed by atoms with van der Waals surface area (Å²) in [5.41, 5.74) is 7.06. The Morgan fingerprint density at radius 2 is 2.00 bits per heavy atom. The van der Waals surface area contributed by atoms with Crippen LogP contribution < -0.4 is 11.1 Å². The van der Waals surface area contributed by atoms with E-state index in [-0.39, 0.29) is 48.8 Å². The van der Waals surface area contributed by atoms with Gasteiger partial charge in [-0.1, -0.05) is 37.3 Å². The van der Waals surface area contributed by atoms with Crippen LogP contribution in [0.5, 0.6) is 0 Å². The van der Waals surface area contributed by atoms with Crippen LogP contribution in [-0.2, 0) is 16.1 Å². The van der Waals surface area contributed by atoms with Crippen LogP contribution in [0.1, 0.15) is 19.4 Å². The van der Waals surface area contributed by atoms with E-state index < -0.39 is 0 Å². The Hall–Kier alpha value is -0.850.